The normalized spacial score (nSPS) is 13.8. The van der Waals surface area contributed by atoms with Crippen molar-refractivity contribution in [1.29, 1.82) is 0 Å². The lowest BCUT2D eigenvalue weighted by atomic mass is 10.1. The largest absolute Gasteiger partial charge is 0.382 e. The summed E-state index contributed by atoms with van der Waals surface area (Å²) in [6.07, 6.45) is -4.60. The molecule has 1 heterocycles. The average Bonchev–Trinajstić information content (AvgIpc) is 2.30. The van der Waals surface area contributed by atoms with Crippen LogP contribution >= 0.6 is 0 Å². The molecule has 5 heteroatoms. The van der Waals surface area contributed by atoms with Gasteiger partial charge < -0.3 is 9.63 Å². The molecular weight excluding hydrogens is 168 g/mol. The van der Waals surface area contributed by atoms with Gasteiger partial charge in [0.2, 0.25) is 0 Å². The molecule has 12 heavy (non-hydrogen) atoms. The Bertz CT molecular complexity index is 253. The predicted molar refractivity (Wildman–Crippen MR) is 36.9 cm³/mol. The maximum atomic E-state index is 12.0. The van der Waals surface area contributed by atoms with Crippen LogP contribution in [0.3, 0.4) is 0 Å². The zero-order chi connectivity index (χ0) is 9.30. The molecule has 0 aliphatic carbocycles. The van der Waals surface area contributed by atoms with E-state index in [4.69, 9.17) is 5.11 Å². The monoisotopic (exact) mass is 177 g/mol. The number of hydrogen-bond donors (Lipinski definition) is 1. The minimum absolute atomic E-state index is 0.0880. The van der Waals surface area contributed by atoms with E-state index in [1.807, 2.05) is 0 Å². The van der Waals surface area contributed by atoms with Crippen LogP contribution in [0.2, 0.25) is 0 Å². The molecular formula is C7H9F2NO2. The summed E-state index contributed by atoms with van der Waals surface area (Å²) in [5.74, 6) is 0.236. The van der Waals surface area contributed by atoms with Gasteiger partial charge in [-0.3, -0.25) is 0 Å². The maximum absolute atomic E-state index is 12.0. The molecule has 3 nitrogen and oxygen atoms in total. The number of nitrogens with zero attached hydrogens (tertiary/aromatic N) is 1. The summed E-state index contributed by atoms with van der Waals surface area (Å²) in [4.78, 5) is 0. The fraction of sp³-hybridized carbons (Fsp3) is 0.571. The zero-order valence-corrected chi connectivity index (χ0v) is 6.71. The molecule has 1 atom stereocenters. The molecule has 1 aromatic rings. The Labute approximate surface area is 68.0 Å². The van der Waals surface area contributed by atoms with E-state index in [0.29, 0.717) is 5.69 Å². The predicted octanol–water partition coefficient (Wildman–Crippen LogP) is 1.59. The van der Waals surface area contributed by atoms with E-state index >= 15 is 0 Å². The molecule has 0 saturated carbocycles. The van der Waals surface area contributed by atoms with Crippen molar-refractivity contribution in [1.82, 2.24) is 5.16 Å². The lowest BCUT2D eigenvalue weighted by molar-refractivity contribution is -0.00686. The van der Waals surface area contributed by atoms with Crippen molar-refractivity contribution in [3.63, 3.8) is 0 Å². The summed E-state index contributed by atoms with van der Waals surface area (Å²) in [7, 11) is 0. The first-order valence-electron chi connectivity index (χ1n) is 3.43. The van der Waals surface area contributed by atoms with E-state index < -0.39 is 12.5 Å². The third-order valence-electron chi connectivity index (χ3n) is 1.62. The van der Waals surface area contributed by atoms with Crippen LogP contribution in [-0.4, -0.2) is 16.7 Å². The van der Waals surface area contributed by atoms with E-state index in [2.05, 4.69) is 9.68 Å². The molecule has 0 amide bonds. The highest BCUT2D eigenvalue weighted by Gasteiger charge is 2.25. The van der Waals surface area contributed by atoms with Gasteiger partial charge in [0.25, 0.3) is 6.43 Å². The third kappa shape index (κ3) is 1.45. The van der Waals surface area contributed by atoms with Crippen LogP contribution in [0.4, 0.5) is 8.78 Å². The van der Waals surface area contributed by atoms with Crippen LogP contribution in [0, 0.1) is 13.8 Å². The third-order valence-corrected chi connectivity index (χ3v) is 1.62. The lowest BCUT2D eigenvalue weighted by Gasteiger charge is -2.07. The molecule has 1 N–H and O–H groups in total. The summed E-state index contributed by atoms with van der Waals surface area (Å²) in [6, 6.07) is 0. The van der Waals surface area contributed by atoms with Crippen molar-refractivity contribution in [2.24, 2.45) is 0 Å². The van der Waals surface area contributed by atoms with Gasteiger partial charge in [0.15, 0.2) is 0 Å². The van der Waals surface area contributed by atoms with Crippen molar-refractivity contribution < 1.29 is 18.4 Å². The fourth-order valence-corrected chi connectivity index (χ4v) is 1.04. The van der Waals surface area contributed by atoms with Gasteiger partial charge in [0.05, 0.1) is 11.3 Å². The van der Waals surface area contributed by atoms with Crippen LogP contribution in [0.15, 0.2) is 4.52 Å². The second-order valence-corrected chi connectivity index (χ2v) is 2.52. The summed E-state index contributed by atoms with van der Waals surface area (Å²) in [5, 5.41) is 12.4. The van der Waals surface area contributed by atoms with Gasteiger partial charge in [-0.15, -0.1) is 0 Å². The van der Waals surface area contributed by atoms with Gasteiger partial charge in [0.1, 0.15) is 11.9 Å². The van der Waals surface area contributed by atoms with Crippen LogP contribution in [0.25, 0.3) is 0 Å². The van der Waals surface area contributed by atoms with Crippen molar-refractivity contribution >= 4 is 0 Å². The number of halogens is 2. The SMILES string of the molecule is Cc1noc(C)c1C(O)C(F)F. The molecule has 0 fully saturated rings. The van der Waals surface area contributed by atoms with Gasteiger partial charge in [-0.25, -0.2) is 8.78 Å². The number of aliphatic hydroxyl groups is 1. The van der Waals surface area contributed by atoms with Crippen molar-refractivity contribution in [2.45, 2.75) is 26.4 Å². The Morgan fingerprint density at radius 1 is 1.42 bits per heavy atom. The van der Waals surface area contributed by atoms with E-state index in [1.165, 1.54) is 13.8 Å². The number of hydrogen-bond acceptors (Lipinski definition) is 3. The summed E-state index contributed by atoms with van der Waals surface area (Å²) >= 11 is 0. The summed E-state index contributed by atoms with van der Waals surface area (Å²) in [6.45, 7) is 3.00. The average molecular weight is 177 g/mol. The van der Waals surface area contributed by atoms with E-state index in [0.717, 1.165) is 0 Å². The van der Waals surface area contributed by atoms with Gasteiger partial charge >= 0.3 is 0 Å². The summed E-state index contributed by atoms with van der Waals surface area (Å²) < 4.78 is 28.7. The topological polar surface area (TPSA) is 46.3 Å². The first kappa shape index (κ1) is 9.12. The van der Waals surface area contributed by atoms with E-state index in [-0.39, 0.29) is 11.3 Å². The molecule has 0 spiro atoms. The highest BCUT2D eigenvalue weighted by Crippen LogP contribution is 2.25. The molecule has 0 aliphatic heterocycles. The van der Waals surface area contributed by atoms with Gasteiger partial charge in [-0.05, 0) is 13.8 Å². The Morgan fingerprint density at radius 3 is 2.33 bits per heavy atom. The Kier molecular flexibility index (Phi) is 2.42. The molecule has 68 valence electrons. The van der Waals surface area contributed by atoms with Crippen LogP contribution < -0.4 is 0 Å². The first-order chi connectivity index (χ1) is 5.54. The molecule has 0 bridgehead atoms. The molecule has 0 saturated heterocycles. The number of aliphatic hydroxyl groups excluding tert-OH is 1. The minimum Gasteiger partial charge on any atom is -0.382 e. The van der Waals surface area contributed by atoms with Crippen molar-refractivity contribution in [3.05, 3.63) is 17.0 Å². The molecule has 0 aliphatic rings. The zero-order valence-electron chi connectivity index (χ0n) is 6.71. The van der Waals surface area contributed by atoms with E-state index in [9.17, 15) is 8.78 Å². The smallest absolute Gasteiger partial charge is 0.268 e. The quantitative estimate of drug-likeness (QED) is 0.746. The molecule has 1 unspecified atom stereocenters. The Morgan fingerprint density at radius 2 is 2.00 bits per heavy atom. The van der Waals surface area contributed by atoms with Crippen LogP contribution in [-0.2, 0) is 0 Å². The highest BCUT2D eigenvalue weighted by atomic mass is 19.3. The molecule has 0 aromatic carbocycles. The van der Waals surface area contributed by atoms with Crippen molar-refractivity contribution in [3.8, 4) is 0 Å². The molecule has 1 rings (SSSR count). The van der Waals surface area contributed by atoms with Gasteiger partial charge in [-0.1, -0.05) is 5.16 Å². The second-order valence-electron chi connectivity index (χ2n) is 2.52. The van der Waals surface area contributed by atoms with Gasteiger partial charge in [-0.2, -0.15) is 0 Å². The van der Waals surface area contributed by atoms with Crippen LogP contribution in [0.1, 0.15) is 23.1 Å². The number of aryl methyl sites for hydroxylation is 2. The fourth-order valence-electron chi connectivity index (χ4n) is 1.04. The Balaban J connectivity index is 3.00. The lowest BCUT2D eigenvalue weighted by Crippen LogP contribution is -2.09. The molecule has 1 aromatic heterocycles. The maximum Gasteiger partial charge on any atom is 0.268 e. The number of rotatable bonds is 2. The van der Waals surface area contributed by atoms with E-state index in [1.54, 1.807) is 0 Å². The number of alkyl halides is 2. The standard InChI is InChI=1S/C7H9F2NO2/c1-3-5(4(2)12-10-3)6(11)7(8)9/h6-7,11H,1-2H3. The summed E-state index contributed by atoms with van der Waals surface area (Å²) in [5.41, 5.74) is 0.394. The Hall–Kier alpha value is -0.970. The minimum atomic E-state index is -2.80. The highest BCUT2D eigenvalue weighted by molar-refractivity contribution is 5.23. The van der Waals surface area contributed by atoms with Crippen LogP contribution in [0.5, 0.6) is 0 Å². The molecule has 0 radical (unpaired) electrons. The number of aromatic nitrogens is 1. The second kappa shape index (κ2) is 3.18. The first-order valence-corrected chi connectivity index (χ1v) is 3.43. The van der Waals surface area contributed by atoms with Crippen molar-refractivity contribution in [2.75, 3.05) is 0 Å². The van der Waals surface area contributed by atoms with Gasteiger partial charge in [0, 0.05) is 0 Å².